The average Bonchev–Trinajstić information content (AvgIpc) is 2.46. The lowest BCUT2D eigenvalue weighted by atomic mass is 10.1. The summed E-state index contributed by atoms with van der Waals surface area (Å²) in [6, 6.07) is 3.44. The molecule has 20 heavy (non-hydrogen) atoms. The molecule has 0 unspecified atom stereocenters. The summed E-state index contributed by atoms with van der Waals surface area (Å²) in [5, 5.41) is 0. The van der Waals surface area contributed by atoms with Crippen molar-refractivity contribution < 1.29 is 14.3 Å². The van der Waals surface area contributed by atoms with Gasteiger partial charge in [0.15, 0.2) is 0 Å². The molecule has 1 amide bonds. The van der Waals surface area contributed by atoms with E-state index in [1.54, 1.807) is 43.4 Å². The maximum Gasteiger partial charge on any atom is 0.254 e. The van der Waals surface area contributed by atoms with Gasteiger partial charge in [0.05, 0.1) is 14.2 Å². The number of benzene rings is 1. The van der Waals surface area contributed by atoms with E-state index in [0.29, 0.717) is 30.2 Å². The molecule has 1 aromatic rings. The average molecular weight is 275 g/mol. The molecule has 1 rings (SSSR count). The minimum Gasteiger partial charge on any atom is -0.496 e. The Morgan fingerprint density at radius 1 is 1.15 bits per heavy atom. The van der Waals surface area contributed by atoms with Crippen LogP contribution in [0.3, 0.4) is 0 Å². The second-order valence-corrected chi connectivity index (χ2v) is 4.29. The van der Waals surface area contributed by atoms with E-state index in [-0.39, 0.29) is 5.91 Å². The number of amides is 1. The van der Waals surface area contributed by atoms with Gasteiger partial charge in [0.1, 0.15) is 11.5 Å². The van der Waals surface area contributed by atoms with Crippen LogP contribution in [0.15, 0.2) is 37.4 Å². The summed E-state index contributed by atoms with van der Waals surface area (Å²) in [6.45, 7) is 10.1. The molecule has 0 aromatic heterocycles. The third kappa shape index (κ3) is 3.41. The van der Waals surface area contributed by atoms with Crippen LogP contribution < -0.4 is 9.47 Å². The minimum atomic E-state index is -0.110. The van der Waals surface area contributed by atoms with E-state index < -0.39 is 0 Å². The molecule has 0 aliphatic heterocycles. The predicted molar refractivity (Wildman–Crippen MR) is 80.6 cm³/mol. The molecule has 0 saturated carbocycles. The zero-order chi connectivity index (χ0) is 15.1. The van der Waals surface area contributed by atoms with Crippen LogP contribution in [0.1, 0.15) is 15.9 Å². The lowest BCUT2D eigenvalue weighted by Crippen LogP contribution is -2.31. The van der Waals surface area contributed by atoms with E-state index in [2.05, 4.69) is 13.2 Å². The molecular formula is C16H21NO3. The van der Waals surface area contributed by atoms with Gasteiger partial charge in [0.25, 0.3) is 5.91 Å². The van der Waals surface area contributed by atoms with Gasteiger partial charge in [0, 0.05) is 24.2 Å². The lowest BCUT2D eigenvalue weighted by molar-refractivity contribution is 0.0790. The smallest absolute Gasteiger partial charge is 0.254 e. The van der Waals surface area contributed by atoms with Gasteiger partial charge < -0.3 is 14.4 Å². The van der Waals surface area contributed by atoms with Crippen molar-refractivity contribution in [3.05, 3.63) is 48.6 Å². The zero-order valence-corrected chi connectivity index (χ0v) is 12.3. The van der Waals surface area contributed by atoms with Crippen LogP contribution in [0.25, 0.3) is 0 Å². The van der Waals surface area contributed by atoms with Gasteiger partial charge in [0.2, 0.25) is 0 Å². The molecule has 108 valence electrons. The number of ether oxygens (including phenoxy) is 2. The fraction of sp³-hybridized carbons (Fsp3) is 0.312. The Morgan fingerprint density at radius 3 is 1.95 bits per heavy atom. The molecule has 4 nitrogen and oxygen atoms in total. The van der Waals surface area contributed by atoms with Crippen molar-refractivity contribution in [1.29, 1.82) is 0 Å². The normalized spacial score (nSPS) is 9.75. The van der Waals surface area contributed by atoms with Crippen LogP contribution in [0.4, 0.5) is 0 Å². The third-order valence-electron chi connectivity index (χ3n) is 2.99. The van der Waals surface area contributed by atoms with Crippen LogP contribution >= 0.6 is 0 Å². The van der Waals surface area contributed by atoms with Gasteiger partial charge in [-0.3, -0.25) is 4.79 Å². The van der Waals surface area contributed by atoms with Crippen molar-refractivity contribution >= 4 is 5.91 Å². The fourth-order valence-corrected chi connectivity index (χ4v) is 1.94. The molecule has 0 fully saturated rings. The highest BCUT2D eigenvalue weighted by Crippen LogP contribution is 2.30. The molecular weight excluding hydrogens is 254 g/mol. The topological polar surface area (TPSA) is 38.8 Å². The van der Waals surface area contributed by atoms with E-state index in [0.717, 1.165) is 5.56 Å². The van der Waals surface area contributed by atoms with Crippen LogP contribution in [0.5, 0.6) is 11.5 Å². The molecule has 0 aliphatic rings. The van der Waals surface area contributed by atoms with Crippen LogP contribution in [0, 0.1) is 6.92 Å². The van der Waals surface area contributed by atoms with E-state index in [1.807, 2.05) is 6.92 Å². The summed E-state index contributed by atoms with van der Waals surface area (Å²) in [6.07, 6.45) is 3.37. The predicted octanol–water partition coefficient (Wildman–Crippen LogP) is 2.83. The zero-order valence-electron chi connectivity index (χ0n) is 12.3. The molecule has 0 spiro atoms. The SMILES string of the molecule is C=CCN(CC=C)C(=O)c1cc(OC)c(C)c(OC)c1. The van der Waals surface area contributed by atoms with E-state index in [1.165, 1.54) is 0 Å². The first-order chi connectivity index (χ1) is 9.58. The summed E-state index contributed by atoms with van der Waals surface area (Å²) in [4.78, 5) is 14.1. The van der Waals surface area contributed by atoms with Gasteiger partial charge in [-0.15, -0.1) is 13.2 Å². The van der Waals surface area contributed by atoms with Crippen molar-refractivity contribution in [2.75, 3.05) is 27.3 Å². The molecule has 0 N–H and O–H groups in total. The molecule has 0 atom stereocenters. The van der Waals surface area contributed by atoms with Crippen molar-refractivity contribution in [3.63, 3.8) is 0 Å². The summed E-state index contributed by atoms with van der Waals surface area (Å²) in [5.41, 5.74) is 1.39. The Bertz CT molecular complexity index is 473. The maximum atomic E-state index is 12.5. The number of carbonyl (C=O) groups is 1. The van der Waals surface area contributed by atoms with Crippen molar-refractivity contribution in [2.24, 2.45) is 0 Å². The Morgan fingerprint density at radius 2 is 1.60 bits per heavy atom. The largest absolute Gasteiger partial charge is 0.496 e. The monoisotopic (exact) mass is 275 g/mol. The Balaban J connectivity index is 3.19. The fourth-order valence-electron chi connectivity index (χ4n) is 1.94. The van der Waals surface area contributed by atoms with Gasteiger partial charge in [-0.05, 0) is 19.1 Å². The van der Waals surface area contributed by atoms with E-state index >= 15 is 0 Å². The molecule has 0 bridgehead atoms. The molecule has 0 aliphatic carbocycles. The highest BCUT2D eigenvalue weighted by molar-refractivity contribution is 5.95. The Hall–Kier alpha value is -2.23. The summed E-state index contributed by atoms with van der Waals surface area (Å²) < 4.78 is 10.6. The Labute approximate surface area is 120 Å². The van der Waals surface area contributed by atoms with Crippen LogP contribution in [-0.2, 0) is 0 Å². The summed E-state index contributed by atoms with van der Waals surface area (Å²) >= 11 is 0. The van der Waals surface area contributed by atoms with Crippen LogP contribution in [-0.4, -0.2) is 38.1 Å². The third-order valence-corrected chi connectivity index (χ3v) is 2.99. The van der Waals surface area contributed by atoms with Gasteiger partial charge in [-0.2, -0.15) is 0 Å². The summed E-state index contributed by atoms with van der Waals surface area (Å²) in [7, 11) is 3.14. The van der Waals surface area contributed by atoms with Crippen molar-refractivity contribution in [3.8, 4) is 11.5 Å². The summed E-state index contributed by atoms with van der Waals surface area (Å²) in [5.74, 6) is 1.15. The van der Waals surface area contributed by atoms with Gasteiger partial charge in [-0.25, -0.2) is 0 Å². The molecule has 0 radical (unpaired) electrons. The van der Waals surface area contributed by atoms with E-state index in [4.69, 9.17) is 9.47 Å². The number of carbonyl (C=O) groups excluding carboxylic acids is 1. The molecule has 0 saturated heterocycles. The first-order valence-corrected chi connectivity index (χ1v) is 6.32. The Kier molecular flexibility index (Phi) is 5.84. The second-order valence-electron chi connectivity index (χ2n) is 4.29. The molecule has 1 aromatic carbocycles. The number of methoxy groups -OCH3 is 2. The number of hydrogen-bond acceptors (Lipinski definition) is 3. The first kappa shape index (κ1) is 15.8. The number of nitrogens with zero attached hydrogens (tertiary/aromatic N) is 1. The van der Waals surface area contributed by atoms with Crippen LogP contribution in [0.2, 0.25) is 0 Å². The number of hydrogen-bond donors (Lipinski definition) is 0. The van der Waals surface area contributed by atoms with Crippen molar-refractivity contribution in [2.45, 2.75) is 6.92 Å². The highest BCUT2D eigenvalue weighted by Gasteiger charge is 2.17. The standard InChI is InChI=1S/C16H21NO3/c1-6-8-17(9-7-2)16(18)13-10-14(19-4)12(3)15(11-13)20-5/h6-7,10-11H,1-2,8-9H2,3-5H3. The lowest BCUT2D eigenvalue weighted by Gasteiger charge is -2.20. The minimum absolute atomic E-state index is 0.110. The maximum absolute atomic E-state index is 12.5. The number of rotatable bonds is 7. The molecule has 4 heteroatoms. The quantitative estimate of drug-likeness (QED) is 0.718. The van der Waals surface area contributed by atoms with Gasteiger partial charge in [-0.1, -0.05) is 12.2 Å². The highest BCUT2D eigenvalue weighted by atomic mass is 16.5. The second kappa shape index (κ2) is 7.38. The van der Waals surface area contributed by atoms with Gasteiger partial charge >= 0.3 is 0 Å². The molecule has 0 heterocycles. The van der Waals surface area contributed by atoms with Crippen molar-refractivity contribution in [1.82, 2.24) is 4.90 Å². The van der Waals surface area contributed by atoms with E-state index in [9.17, 15) is 4.79 Å². The first-order valence-electron chi connectivity index (χ1n) is 6.32.